The van der Waals surface area contributed by atoms with Gasteiger partial charge in [-0.05, 0) is 35.8 Å². The van der Waals surface area contributed by atoms with Gasteiger partial charge in [0.25, 0.3) is 0 Å². The molecule has 21 heavy (non-hydrogen) atoms. The topological polar surface area (TPSA) is 43.4 Å². The maximum Gasteiger partial charge on any atom is 0.347 e. The Morgan fingerprint density at radius 3 is 2.62 bits per heavy atom. The highest BCUT2D eigenvalue weighted by molar-refractivity contribution is 7.90. The van der Waals surface area contributed by atoms with E-state index in [-0.39, 0.29) is 6.61 Å². The van der Waals surface area contributed by atoms with Gasteiger partial charge < -0.3 is 4.74 Å². The smallest absolute Gasteiger partial charge is 0.347 e. The Hall–Kier alpha value is -1.94. The first kappa shape index (κ1) is 14.0. The molecule has 0 saturated heterocycles. The van der Waals surface area contributed by atoms with E-state index in [1.807, 2.05) is 43.3 Å². The highest BCUT2D eigenvalue weighted by atomic mass is 32.2. The summed E-state index contributed by atoms with van der Waals surface area (Å²) >= 11 is 0. The number of rotatable bonds is 3. The molecule has 3 nitrogen and oxygen atoms in total. The van der Waals surface area contributed by atoms with Gasteiger partial charge in [0.2, 0.25) is 0 Å². The fraction of sp³-hybridized carbons (Fsp3) is 0.235. The van der Waals surface area contributed by atoms with E-state index in [1.54, 1.807) is 6.92 Å². The summed E-state index contributed by atoms with van der Waals surface area (Å²) in [4.78, 5) is 13.2. The van der Waals surface area contributed by atoms with E-state index in [0.29, 0.717) is 16.2 Å². The Balaban J connectivity index is 2.30. The molecular formula is C17H16O3S. The highest BCUT2D eigenvalue weighted by Gasteiger charge is 2.34. The molecule has 0 aromatic heterocycles. The molecule has 2 aromatic rings. The maximum atomic E-state index is 12.7. The SMILES string of the molecule is CCOC(=O)C1=C(CC)c2c(ccc3ccccc23)S1=O. The number of esters is 1. The van der Waals surface area contributed by atoms with Crippen molar-refractivity contribution < 1.29 is 13.7 Å². The lowest BCUT2D eigenvalue weighted by molar-refractivity contribution is -0.137. The van der Waals surface area contributed by atoms with Gasteiger partial charge in [0, 0.05) is 5.56 Å². The van der Waals surface area contributed by atoms with Gasteiger partial charge in [0.15, 0.2) is 0 Å². The van der Waals surface area contributed by atoms with Gasteiger partial charge in [-0.1, -0.05) is 37.3 Å². The molecule has 0 saturated carbocycles. The quantitative estimate of drug-likeness (QED) is 0.813. The van der Waals surface area contributed by atoms with Gasteiger partial charge in [-0.2, -0.15) is 0 Å². The van der Waals surface area contributed by atoms with Crippen LogP contribution in [-0.4, -0.2) is 16.8 Å². The number of carbonyl (C=O) groups is 1. The van der Waals surface area contributed by atoms with Crippen LogP contribution in [0.5, 0.6) is 0 Å². The molecule has 2 aromatic carbocycles. The van der Waals surface area contributed by atoms with Gasteiger partial charge >= 0.3 is 5.97 Å². The van der Waals surface area contributed by atoms with E-state index in [2.05, 4.69) is 0 Å². The van der Waals surface area contributed by atoms with Crippen molar-refractivity contribution >= 4 is 33.1 Å². The molecule has 1 heterocycles. The maximum absolute atomic E-state index is 12.7. The summed E-state index contributed by atoms with van der Waals surface area (Å²) in [5.41, 5.74) is 1.79. The van der Waals surface area contributed by atoms with Crippen molar-refractivity contribution in [1.82, 2.24) is 0 Å². The highest BCUT2D eigenvalue weighted by Crippen LogP contribution is 2.42. The fourth-order valence-electron chi connectivity index (χ4n) is 2.79. The van der Waals surface area contributed by atoms with E-state index in [0.717, 1.165) is 21.9 Å². The number of hydrogen-bond acceptors (Lipinski definition) is 3. The minimum Gasteiger partial charge on any atom is -0.462 e. The summed E-state index contributed by atoms with van der Waals surface area (Å²) in [5.74, 6) is -0.465. The normalized spacial score (nSPS) is 17.1. The summed E-state index contributed by atoms with van der Waals surface area (Å²) in [6.45, 7) is 4.01. The molecule has 3 rings (SSSR count). The van der Waals surface area contributed by atoms with E-state index in [4.69, 9.17) is 4.74 Å². The molecule has 108 valence electrons. The second kappa shape index (κ2) is 5.45. The second-order valence-electron chi connectivity index (χ2n) is 4.81. The molecule has 1 aliphatic heterocycles. The van der Waals surface area contributed by atoms with Gasteiger partial charge in [0.1, 0.15) is 4.91 Å². The summed E-state index contributed by atoms with van der Waals surface area (Å²) < 4.78 is 17.8. The Kier molecular flexibility index (Phi) is 3.64. The molecule has 0 spiro atoms. The Labute approximate surface area is 126 Å². The van der Waals surface area contributed by atoms with Gasteiger partial charge in [-0.15, -0.1) is 0 Å². The van der Waals surface area contributed by atoms with Crippen molar-refractivity contribution in [3.05, 3.63) is 46.9 Å². The van der Waals surface area contributed by atoms with Crippen LogP contribution >= 0.6 is 0 Å². The third-order valence-electron chi connectivity index (χ3n) is 3.67. The van der Waals surface area contributed by atoms with Crippen molar-refractivity contribution in [1.29, 1.82) is 0 Å². The molecule has 0 N–H and O–H groups in total. The van der Waals surface area contributed by atoms with Crippen LogP contribution in [0.15, 0.2) is 46.2 Å². The predicted octanol–water partition coefficient (Wildman–Crippen LogP) is 3.65. The monoisotopic (exact) mass is 300 g/mol. The molecule has 1 atom stereocenters. The lowest BCUT2D eigenvalue weighted by Crippen LogP contribution is -2.10. The van der Waals surface area contributed by atoms with E-state index in [9.17, 15) is 9.00 Å². The number of allylic oxidation sites excluding steroid dienone is 1. The van der Waals surface area contributed by atoms with Gasteiger partial charge in [-0.3, -0.25) is 0 Å². The first-order chi connectivity index (χ1) is 10.2. The van der Waals surface area contributed by atoms with Crippen LogP contribution in [0.25, 0.3) is 16.3 Å². The largest absolute Gasteiger partial charge is 0.462 e. The lowest BCUT2D eigenvalue weighted by atomic mass is 9.96. The van der Waals surface area contributed by atoms with Crippen LogP contribution in [-0.2, 0) is 20.3 Å². The predicted molar refractivity (Wildman–Crippen MR) is 84.2 cm³/mol. The summed E-state index contributed by atoms with van der Waals surface area (Å²) in [7, 11) is -1.45. The zero-order valence-electron chi connectivity index (χ0n) is 12.0. The average Bonchev–Trinajstić information content (AvgIpc) is 2.80. The van der Waals surface area contributed by atoms with Crippen LogP contribution in [0.3, 0.4) is 0 Å². The van der Waals surface area contributed by atoms with Gasteiger partial charge in [0.05, 0.1) is 22.3 Å². The van der Waals surface area contributed by atoms with Crippen LogP contribution in [0, 0.1) is 0 Å². The van der Waals surface area contributed by atoms with Gasteiger partial charge in [-0.25, -0.2) is 9.00 Å². The molecule has 1 aliphatic rings. The molecule has 0 radical (unpaired) electrons. The third kappa shape index (κ3) is 2.10. The number of benzene rings is 2. The van der Waals surface area contributed by atoms with Crippen LogP contribution in [0.1, 0.15) is 25.8 Å². The Bertz CT molecular complexity index is 790. The fourth-order valence-corrected chi connectivity index (χ4v) is 4.30. The lowest BCUT2D eigenvalue weighted by Gasteiger charge is -2.07. The minimum atomic E-state index is -1.45. The molecular weight excluding hydrogens is 284 g/mol. The van der Waals surface area contributed by atoms with Crippen LogP contribution < -0.4 is 0 Å². The first-order valence-electron chi connectivity index (χ1n) is 7.03. The van der Waals surface area contributed by atoms with Crippen molar-refractivity contribution in [2.24, 2.45) is 0 Å². The molecule has 0 amide bonds. The Morgan fingerprint density at radius 1 is 1.14 bits per heavy atom. The van der Waals surface area contributed by atoms with E-state index in [1.165, 1.54) is 0 Å². The summed E-state index contributed by atoms with van der Waals surface area (Å²) in [6, 6.07) is 11.8. The molecule has 4 heteroatoms. The van der Waals surface area contributed by atoms with Crippen molar-refractivity contribution in [2.75, 3.05) is 6.61 Å². The third-order valence-corrected chi connectivity index (χ3v) is 5.19. The zero-order valence-corrected chi connectivity index (χ0v) is 12.8. The molecule has 0 bridgehead atoms. The summed E-state index contributed by atoms with van der Waals surface area (Å²) in [5, 5.41) is 2.13. The second-order valence-corrected chi connectivity index (χ2v) is 6.20. The number of hydrogen-bond donors (Lipinski definition) is 0. The average molecular weight is 300 g/mol. The molecule has 0 aliphatic carbocycles. The molecule has 0 fully saturated rings. The first-order valence-corrected chi connectivity index (χ1v) is 8.18. The van der Waals surface area contributed by atoms with E-state index < -0.39 is 16.8 Å². The standard InChI is InChI=1S/C17H16O3S/c1-3-12-15-13-8-6-5-7-11(13)9-10-14(15)21(19)16(12)17(18)20-4-2/h5-10H,3-4H2,1-2H3. The Morgan fingerprint density at radius 2 is 1.90 bits per heavy atom. The zero-order chi connectivity index (χ0) is 15.0. The van der Waals surface area contributed by atoms with Crippen molar-refractivity contribution in [3.8, 4) is 0 Å². The summed E-state index contributed by atoms with van der Waals surface area (Å²) in [6.07, 6.45) is 0.654. The molecule has 1 unspecified atom stereocenters. The van der Waals surface area contributed by atoms with Crippen LogP contribution in [0.2, 0.25) is 0 Å². The van der Waals surface area contributed by atoms with E-state index >= 15 is 0 Å². The van der Waals surface area contributed by atoms with Crippen molar-refractivity contribution in [2.45, 2.75) is 25.2 Å². The number of fused-ring (bicyclic) bond motifs is 3. The van der Waals surface area contributed by atoms with Crippen LogP contribution in [0.4, 0.5) is 0 Å². The number of ether oxygens (including phenoxy) is 1. The number of carbonyl (C=O) groups excluding carboxylic acids is 1. The van der Waals surface area contributed by atoms with Crippen molar-refractivity contribution in [3.63, 3.8) is 0 Å². The minimum absolute atomic E-state index is 0.285.